The number of carbonyl (C=O) groups is 1. The van der Waals surface area contributed by atoms with Gasteiger partial charge in [-0.15, -0.1) is 0 Å². The predicted octanol–water partition coefficient (Wildman–Crippen LogP) is 3.30. The first-order valence-electron chi connectivity index (χ1n) is 8.73. The summed E-state index contributed by atoms with van der Waals surface area (Å²) >= 11 is 0. The number of amides is 1. The predicted molar refractivity (Wildman–Crippen MR) is 99.9 cm³/mol. The number of aromatic nitrogens is 2. The summed E-state index contributed by atoms with van der Waals surface area (Å²) in [6.07, 6.45) is 3.90. The van der Waals surface area contributed by atoms with Crippen molar-refractivity contribution in [2.75, 3.05) is 25.0 Å². The van der Waals surface area contributed by atoms with Crippen LogP contribution in [0.5, 0.6) is 0 Å². The summed E-state index contributed by atoms with van der Waals surface area (Å²) < 4.78 is 0. The SMILES string of the molecule is CN(C(=O)c1cc2ccccc2[nH]1)C1CCCN(c2ccccn2)C1. The van der Waals surface area contributed by atoms with E-state index in [4.69, 9.17) is 0 Å². The Morgan fingerprint density at radius 3 is 2.88 bits per heavy atom. The molecule has 5 nitrogen and oxygen atoms in total. The third-order valence-corrected chi connectivity index (χ3v) is 5.00. The molecule has 1 amide bonds. The number of carbonyl (C=O) groups excluding carboxylic acids is 1. The van der Waals surface area contributed by atoms with Crippen LogP contribution in [0.1, 0.15) is 23.3 Å². The smallest absolute Gasteiger partial charge is 0.270 e. The highest BCUT2D eigenvalue weighted by atomic mass is 16.2. The van der Waals surface area contributed by atoms with Gasteiger partial charge in [0.05, 0.1) is 0 Å². The first kappa shape index (κ1) is 15.7. The quantitative estimate of drug-likeness (QED) is 0.799. The first-order chi connectivity index (χ1) is 12.2. The Balaban J connectivity index is 1.51. The summed E-state index contributed by atoms with van der Waals surface area (Å²) in [4.78, 5) is 24.7. The fourth-order valence-corrected chi connectivity index (χ4v) is 3.56. The van der Waals surface area contributed by atoms with Gasteiger partial charge in [-0.3, -0.25) is 4.79 Å². The minimum atomic E-state index is 0.0454. The van der Waals surface area contributed by atoms with Crippen LogP contribution < -0.4 is 4.90 Å². The molecule has 5 heteroatoms. The van der Waals surface area contributed by atoms with Crippen molar-refractivity contribution in [3.05, 3.63) is 60.4 Å². The molecular weight excluding hydrogens is 312 g/mol. The third-order valence-electron chi connectivity index (χ3n) is 5.00. The molecule has 3 heterocycles. The van der Waals surface area contributed by atoms with Gasteiger partial charge in [-0.05, 0) is 37.1 Å². The van der Waals surface area contributed by atoms with Gasteiger partial charge in [-0.1, -0.05) is 24.3 Å². The van der Waals surface area contributed by atoms with E-state index in [1.54, 1.807) is 0 Å². The second-order valence-corrected chi connectivity index (χ2v) is 6.62. The number of benzene rings is 1. The van der Waals surface area contributed by atoms with Crippen molar-refractivity contribution in [1.29, 1.82) is 0 Å². The second kappa shape index (κ2) is 6.59. The summed E-state index contributed by atoms with van der Waals surface area (Å²) in [5.41, 5.74) is 1.65. The lowest BCUT2D eigenvalue weighted by atomic mass is 10.0. The molecule has 1 unspecified atom stereocenters. The number of nitrogens with one attached hydrogen (secondary N) is 1. The van der Waals surface area contributed by atoms with Gasteiger partial charge in [0.15, 0.2) is 0 Å². The van der Waals surface area contributed by atoms with Crippen LogP contribution in [0.3, 0.4) is 0 Å². The maximum atomic E-state index is 12.9. The summed E-state index contributed by atoms with van der Waals surface area (Å²) in [7, 11) is 1.90. The van der Waals surface area contributed by atoms with Crippen molar-refractivity contribution in [3.63, 3.8) is 0 Å². The lowest BCUT2D eigenvalue weighted by Crippen LogP contribution is -2.49. The summed E-state index contributed by atoms with van der Waals surface area (Å²) in [5.74, 6) is 1.03. The van der Waals surface area contributed by atoms with Gasteiger partial charge in [-0.25, -0.2) is 4.98 Å². The Morgan fingerprint density at radius 2 is 2.08 bits per heavy atom. The highest BCUT2D eigenvalue weighted by Crippen LogP contribution is 2.22. The summed E-state index contributed by atoms with van der Waals surface area (Å²) in [6, 6.07) is 16.1. The maximum absolute atomic E-state index is 12.9. The summed E-state index contributed by atoms with van der Waals surface area (Å²) in [5, 5.41) is 1.07. The minimum Gasteiger partial charge on any atom is -0.355 e. The molecular formula is C20H22N4O. The van der Waals surface area contributed by atoms with E-state index in [1.165, 1.54) is 0 Å². The van der Waals surface area contributed by atoms with E-state index in [0.29, 0.717) is 5.69 Å². The topological polar surface area (TPSA) is 52.2 Å². The van der Waals surface area contributed by atoms with Crippen molar-refractivity contribution in [2.45, 2.75) is 18.9 Å². The van der Waals surface area contributed by atoms with Gasteiger partial charge in [0, 0.05) is 43.3 Å². The number of H-pyrrole nitrogens is 1. The zero-order valence-electron chi connectivity index (χ0n) is 14.4. The number of pyridine rings is 1. The number of fused-ring (bicyclic) bond motifs is 1. The molecule has 0 bridgehead atoms. The van der Waals surface area contributed by atoms with E-state index < -0.39 is 0 Å². The molecule has 1 fully saturated rings. The van der Waals surface area contributed by atoms with Gasteiger partial charge in [0.1, 0.15) is 11.5 Å². The van der Waals surface area contributed by atoms with E-state index >= 15 is 0 Å². The number of hydrogen-bond acceptors (Lipinski definition) is 3. The Morgan fingerprint density at radius 1 is 1.24 bits per heavy atom. The highest BCUT2D eigenvalue weighted by molar-refractivity contribution is 5.98. The van der Waals surface area contributed by atoms with Crippen molar-refractivity contribution in [3.8, 4) is 0 Å². The van der Waals surface area contributed by atoms with Crippen molar-refractivity contribution >= 4 is 22.6 Å². The Bertz CT molecular complexity index is 841. The molecule has 0 saturated carbocycles. The van der Waals surface area contributed by atoms with Crippen LogP contribution in [0.25, 0.3) is 10.9 Å². The largest absolute Gasteiger partial charge is 0.355 e. The number of likely N-dealkylation sites (N-methyl/N-ethyl adjacent to an activating group) is 1. The van der Waals surface area contributed by atoms with Crippen LogP contribution in [0, 0.1) is 0 Å². The Hall–Kier alpha value is -2.82. The average molecular weight is 334 g/mol. The number of hydrogen-bond donors (Lipinski definition) is 1. The lowest BCUT2D eigenvalue weighted by molar-refractivity contribution is 0.0712. The van der Waals surface area contributed by atoms with Crippen LogP contribution in [0.2, 0.25) is 0 Å². The average Bonchev–Trinajstić information content (AvgIpc) is 3.12. The number of piperidine rings is 1. The molecule has 1 aromatic carbocycles. The number of para-hydroxylation sites is 1. The summed E-state index contributed by atoms with van der Waals surface area (Å²) in [6.45, 7) is 1.81. The number of rotatable bonds is 3. The molecule has 3 aromatic rings. The van der Waals surface area contributed by atoms with E-state index in [-0.39, 0.29) is 11.9 Å². The lowest BCUT2D eigenvalue weighted by Gasteiger charge is -2.38. The van der Waals surface area contributed by atoms with Crippen molar-refractivity contribution in [1.82, 2.24) is 14.9 Å². The zero-order chi connectivity index (χ0) is 17.2. The van der Waals surface area contributed by atoms with Crippen molar-refractivity contribution in [2.24, 2.45) is 0 Å². The Labute approximate surface area is 147 Å². The van der Waals surface area contributed by atoms with Crippen LogP contribution in [-0.4, -0.2) is 47.0 Å². The number of aromatic amines is 1. The molecule has 4 rings (SSSR count). The maximum Gasteiger partial charge on any atom is 0.270 e. The van der Waals surface area contributed by atoms with Crippen LogP contribution in [-0.2, 0) is 0 Å². The van der Waals surface area contributed by atoms with Gasteiger partial charge in [0.2, 0.25) is 0 Å². The Kier molecular flexibility index (Phi) is 4.14. The fourth-order valence-electron chi connectivity index (χ4n) is 3.56. The standard InChI is InChI=1S/C20H22N4O/c1-23(20(25)18-13-15-7-2-3-9-17(15)22-18)16-8-6-12-24(14-16)19-10-4-5-11-21-19/h2-5,7,9-11,13,16,22H,6,8,12,14H2,1H3. The monoisotopic (exact) mass is 334 g/mol. The normalized spacial score (nSPS) is 17.6. The van der Waals surface area contributed by atoms with Crippen LogP contribution in [0.4, 0.5) is 5.82 Å². The van der Waals surface area contributed by atoms with Gasteiger partial charge < -0.3 is 14.8 Å². The van der Waals surface area contributed by atoms with E-state index in [9.17, 15) is 4.79 Å². The molecule has 128 valence electrons. The number of nitrogens with zero attached hydrogens (tertiary/aromatic N) is 3. The molecule has 0 aliphatic carbocycles. The highest BCUT2D eigenvalue weighted by Gasteiger charge is 2.27. The molecule has 0 spiro atoms. The fraction of sp³-hybridized carbons (Fsp3) is 0.300. The van der Waals surface area contributed by atoms with E-state index in [1.807, 2.05) is 66.7 Å². The molecule has 0 radical (unpaired) electrons. The minimum absolute atomic E-state index is 0.0454. The van der Waals surface area contributed by atoms with Gasteiger partial charge in [0.25, 0.3) is 5.91 Å². The molecule has 2 aromatic heterocycles. The van der Waals surface area contributed by atoms with Crippen LogP contribution >= 0.6 is 0 Å². The molecule has 1 atom stereocenters. The van der Waals surface area contributed by atoms with Crippen LogP contribution in [0.15, 0.2) is 54.7 Å². The van der Waals surface area contributed by atoms with Gasteiger partial charge in [-0.2, -0.15) is 0 Å². The van der Waals surface area contributed by atoms with Gasteiger partial charge >= 0.3 is 0 Å². The molecule has 1 N–H and O–H groups in total. The second-order valence-electron chi connectivity index (χ2n) is 6.62. The van der Waals surface area contributed by atoms with E-state index in [2.05, 4.69) is 14.9 Å². The molecule has 1 aliphatic heterocycles. The molecule has 1 saturated heterocycles. The first-order valence-corrected chi connectivity index (χ1v) is 8.73. The van der Waals surface area contributed by atoms with Crippen molar-refractivity contribution < 1.29 is 4.79 Å². The third kappa shape index (κ3) is 3.09. The molecule has 25 heavy (non-hydrogen) atoms. The van der Waals surface area contributed by atoms with E-state index in [0.717, 1.165) is 42.7 Å². The zero-order valence-corrected chi connectivity index (χ0v) is 14.4. The number of anilines is 1. The molecule has 1 aliphatic rings.